The van der Waals surface area contributed by atoms with Crippen molar-refractivity contribution in [1.82, 2.24) is 9.80 Å². The molecule has 0 atom stereocenters. The van der Waals surface area contributed by atoms with Crippen LogP contribution in [0.3, 0.4) is 0 Å². The Morgan fingerprint density at radius 1 is 0.323 bits per heavy atom. The number of hydrogen-bond donors (Lipinski definition) is 0. The van der Waals surface area contributed by atoms with Gasteiger partial charge in [-0.1, -0.05) is 258 Å². The molecular weight excluding hydrogens is 885 g/mol. The second-order valence-electron chi connectivity index (χ2n) is 19.1. The summed E-state index contributed by atoms with van der Waals surface area (Å²) < 4.78 is 63.7. The molecule has 0 heterocycles. The molecule has 0 bridgehead atoms. The summed E-state index contributed by atoms with van der Waals surface area (Å²) in [6, 6.07) is 0. The Balaban J connectivity index is -0.00000116. The number of hydrogen-bond acceptors (Lipinski definition) is 8. The molecule has 0 spiro atoms. The molecule has 0 saturated carbocycles. The van der Waals surface area contributed by atoms with Crippen molar-refractivity contribution in [2.75, 3.05) is 38.7 Å². The minimum atomic E-state index is -4.25. The Labute approximate surface area is 434 Å². The van der Waals surface area contributed by atoms with E-state index in [1.807, 2.05) is 0 Å². The van der Waals surface area contributed by atoms with Crippen molar-refractivity contribution in [1.29, 1.82) is 0 Å². The van der Waals surface area contributed by atoms with E-state index in [0.717, 1.165) is 38.5 Å². The van der Waals surface area contributed by atoms with Gasteiger partial charge in [0.15, 0.2) is 0 Å². The van der Waals surface area contributed by atoms with Crippen molar-refractivity contribution < 1.29 is 35.5 Å². The number of carbonyl (C=O) groups excluding carboxylic acids is 2. The third kappa shape index (κ3) is 60.1. The summed E-state index contributed by atoms with van der Waals surface area (Å²) in [6.45, 7) is 4.53. The number of amides is 2. The minimum Gasteiger partial charge on any atom is -0.748 e. The van der Waals surface area contributed by atoms with E-state index < -0.39 is 31.7 Å². The molecule has 0 aromatic heterocycles. The van der Waals surface area contributed by atoms with Gasteiger partial charge in [0.2, 0.25) is 11.8 Å². The number of unbranched alkanes of at least 4 members (excludes halogenated alkanes) is 38. The number of nitrogens with zero attached hydrogens (tertiary/aromatic N) is 2. The van der Waals surface area contributed by atoms with Gasteiger partial charge in [-0.2, -0.15) is 0 Å². The van der Waals surface area contributed by atoms with Crippen LogP contribution in [-0.2, 0) is 29.8 Å². The Bertz CT molecular complexity index is 1150. The van der Waals surface area contributed by atoms with E-state index in [1.54, 1.807) is 14.1 Å². The van der Waals surface area contributed by atoms with Crippen LogP contribution in [-0.4, -0.2) is 124 Å². The summed E-state index contributed by atoms with van der Waals surface area (Å²) in [5, 5.41) is 0. The molecule has 0 fully saturated rings. The smallest absolute Gasteiger partial charge is 0.748 e. The third-order valence-corrected chi connectivity index (χ3v) is 14.1. The van der Waals surface area contributed by atoms with E-state index >= 15 is 0 Å². The van der Waals surface area contributed by atoms with Crippen LogP contribution in [0.25, 0.3) is 0 Å². The van der Waals surface area contributed by atoms with Crippen LogP contribution < -0.4 is 0 Å². The maximum absolute atomic E-state index is 11.9. The first-order chi connectivity index (χ1) is 30.7. The van der Waals surface area contributed by atoms with Crippen molar-refractivity contribution >= 4 is 69.8 Å². The molecule has 0 rings (SSSR count). The zero-order valence-electron chi connectivity index (χ0n) is 43.2. The second kappa shape index (κ2) is 51.9. The van der Waals surface area contributed by atoms with E-state index in [4.69, 9.17) is 0 Å². The maximum Gasteiger partial charge on any atom is 2.00 e. The van der Waals surface area contributed by atoms with Crippen molar-refractivity contribution in [2.24, 2.45) is 0 Å². The SMILES string of the molecule is CCCCCCCCCCCCCCCCCCCCCCC(=O)N(C)CCS(=O)(=O)[O-].CCCCCCCCCCCCCCCCCCCCCCC(=O)N(C)CCS(=O)(=O)[O-].[Ca+2]. The zero-order chi connectivity index (χ0) is 47.8. The van der Waals surface area contributed by atoms with E-state index in [1.165, 1.54) is 228 Å². The van der Waals surface area contributed by atoms with Crippen LogP contribution in [0.4, 0.5) is 0 Å². The number of rotatable bonds is 48. The fourth-order valence-corrected chi connectivity index (χ4v) is 9.19. The van der Waals surface area contributed by atoms with Crippen LogP contribution in [0, 0.1) is 0 Å². The number of carbonyl (C=O) groups is 2. The molecule has 0 aromatic rings. The molecule has 65 heavy (non-hydrogen) atoms. The molecule has 0 aromatic carbocycles. The van der Waals surface area contributed by atoms with Gasteiger partial charge >= 0.3 is 37.7 Å². The largest absolute Gasteiger partial charge is 2.00 e. The third-order valence-electron chi connectivity index (χ3n) is 12.7. The van der Waals surface area contributed by atoms with Gasteiger partial charge in [-0.3, -0.25) is 9.59 Å². The van der Waals surface area contributed by atoms with Crippen LogP contribution in [0.2, 0.25) is 0 Å². The molecule has 2 amide bonds. The molecule has 0 saturated heterocycles. The van der Waals surface area contributed by atoms with E-state index in [0.29, 0.717) is 12.8 Å². The Morgan fingerprint density at radius 2 is 0.477 bits per heavy atom. The molecule has 13 heteroatoms. The van der Waals surface area contributed by atoms with Gasteiger partial charge in [0.25, 0.3) is 0 Å². The van der Waals surface area contributed by atoms with Crippen molar-refractivity contribution in [3.05, 3.63) is 0 Å². The molecule has 0 N–H and O–H groups in total. The summed E-state index contributed by atoms with van der Waals surface area (Å²) >= 11 is 0. The summed E-state index contributed by atoms with van der Waals surface area (Å²) in [4.78, 5) is 26.5. The van der Waals surface area contributed by atoms with Gasteiger partial charge in [-0.25, -0.2) is 16.8 Å². The Kier molecular flexibility index (Phi) is 55.3. The topological polar surface area (TPSA) is 155 Å². The van der Waals surface area contributed by atoms with Crippen LogP contribution >= 0.6 is 0 Å². The molecule has 0 aliphatic carbocycles. The second-order valence-corrected chi connectivity index (χ2v) is 22.1. The average Bonchev–Trinajstić information content (AvgIpc) is 3.25. The fourth-order valence-electron chi connectivity index (χ4n) is 8.19. The molecule has 0 unspecified atom stereocenters. The fraction of sp³-hybridized carbons (Fsp3) is 0.962. The van der Waals surface area contributed by atoms with E-state index in [2.05, 4.69) is 13.8 Å². The molecule has 10 nitrogen and oxygen atoms in total. The summed E-state index contributed by atoms with van der Waals surface area (Å²) in [7, 11) is -5.38. The van der Waals surface area contributed by atoms with Gasteiger partial charge < -0.3 is 18.9 Å². The van der Waals surface area contributed by atoms with E-state index in [-0.39, 0.29) is 62.6 Å². The molecule has 0 aliphatic rings. The summed E-state index contributed by atoms with van der Waals surface area (Å²) in [5.74, 6) is -1.16. The minimum absolute atomic E-state index is 0. The van der Waals surface area contributed by atoms with Crippen LogP contribution in [0.15, 0.2) is 0 Å². The van der Waals surface area contributed by atoms with Crippen molar-refractivity contribution in [3.8, 4) is 0 Å². The quantitative estimate of drug-likeness (QED) is 0.0331. The molecular formula is C52H104CaN2O8S2. The Hall–Kier alpha value is 0.0197. The summed E-state index contributed by atoms with van der Waals surface area (Å²) in [5.41, 5.74) is 0. The van der Waals surface area contributed by atoms with Crippen LogP contribution in [0.5, 0.6) is 0 Å². The predicted molar refractivity (Wildman–Crippen MR) is 275 cm³/mol. The average molecular weight is 990 g/mol. The first-order valence-electron chi connectivity index (χ1n) is 27.1. The molecule has 0 radical (unpaired) electrons. The normalized spacial score (nSPS) is 11.5. The molecule has 0 aliphatic heterocycles. The van der Waals surface area contributed by atoms with Gasteiger partial charge in [-0.05, 0) is 12.8 Å². The van der Waals surface area contributed by atoms with Gasteiger partial charge in [-0.15, -0.1) is 0 Å². The first-order valence-corrected chi connectivity index (χ1v) is 30.2. The zero-order valence-corrected chi connectivity index (χ0v) is 47.1. The standard InChI is InChI=1S/2C26H53NO4S.Ca/c2*1-3-4-5-6-7-8-9-10-11-12-13-14-15-16-17-18-19-20-21-22-23-26(28)27(2)24-25-32(29,30)31;/h2*3-25H2,1-2H3,(H,29,30,31);/q;;+2/p-2. The monoisotopic (exact) mass is 989 g/mol. The van der Waals surface area contributed by atoms with Crippen molar-refractivity contribution in [3.63, 3.8) is 0 Å². The van der Waals surface area contributed by atoms with Gasteiger partial charge in [0.05, 0.1) is 31.7 Å². The predicted octanol–water partition coefficient (Wildman–Crippen LogP) is 14.0. The maximum atomic E-state index is 11.9. The van der Waals surface area contributed by atoms with Gasteiger partial charge in [0.1, 0.15) is 0 Å². The van der Waals surface area contributed by atoms with Crippen LogP contribution in [0.1, 0.15) is 284 Å². The molecule has 384 valence electrons. The Morgan fingerprint density at radius 3 is 0.631 bits per heavy atom. The first kappa shape index (κ1) is 69.3. The van der Waals surface area contributed by atoms with Gasteiger partial charge in [0, 0.05) is 40.0 Å². The van der Waals surface area contributed by atoms with E-state index in [9.17, 15) is 35.5 Å². The van der Waals surface area contributed by atoms with Crippen molar-refractivity contribution in [2.45, 2.75) is 284 Å². The summed E-state index contributed by atoms with van der Waals surface area (Å²) in [6.07, 6.45) is 54.0.